The number of non-ortho nitro benzene ring substituents is 1. The van der Waals surface area contributed by atoms with Gasteiger partial charge in [0.05, 0.1) is 27.4 Å². The van der Waals surface area contributed by atoms with E-state index in [0.717, 1.165) is 63.2 Å². The number of nitrogens with zero attached hydrogens (tertiary/aromatic N) is 5. The molecule has 290 valence electrons. The van der Waals surface area contributed by atoms with Crippen LogP contribution in [0.25, 0.3) is 0 Å². The van der Waals surface area contributed by atoms with Crippen LogP contribution in [0, 0.1) is 44.6 Å². The number of nitro groups is 1. The number of hydrogen-bond acceptors (Lipinski definition) is 7. The SMILES string of the molecule is N#Cc1cc(N)ccc1N1CCC(C(c2ccccc2)c2ccccc2)CC1.N#Cc1cc([N+](=O)[O-])ccc1N1CCC(C(c2ccccc2)c2ccccc2)CC1. The van der Waals surface area contributed by atoms with Gasteiger partial charge in [0.15, 0.2) is 0 Å². The maximum Gasteiger partial charge on any atom is 0.270 e. The summed E-state index contributed by atoms with van der Waals surface area (Å²) in [5.41, 5.74) is 14.7. The van der Waals surface area contributed by atoms with Gasteiger partial charge < -0.3 is 15.5 Å². The van der Waals surface area contributed by atoms with E-state index in [0.29, 0.717) is 40.5 Å². The molecule has 0 aromatic heterocycles. The molecule has 8 rings (SSSR count). The second-order valence-electron chi connectivity index (χ2n) is 15.2. The van der Waals surface area contributed by atoms with Gasteiger partial charge in [-0.3, -0.25) is 10.1 Å². The van der Waals surface area contributed by atoms with E-state index < -0.39 is 4.92 Å². The first-order chi connectivity index (χ1) is 28.4. The van der Waals surface area contributed by atoms with Gasteiger partial charge in [0, 0.05) is 55.8 Å². The Morgan fingerprint density at radius 1 is 0.534 bits per heavy atom. The van der Waals surface area contributed by atoms with Crippen LogP contribution < -0.4 is 15.5 Å². The molecule has 0 saturated carbocycles. The van der Waals surface area contributed by atoms with Gasteiger partial charge in [-0.15, -0.1) is 0 Å². The summed E-state index contributed by atoms with van der Waals surface area (Å²) in [6, 6.07) is 57.6. The van der Waals surface area contributed by atoms with E-state index >= 15 is 0 Å². The normalized spacial score (nSPS) is 14.6. The number of nitro benzene ring substituents is 1. The van der Waals surface area contributed by atoms with Crippen LogP contribution in [0.15, 0.2) is 158 Å². The van der Waals surface area contributed by atoms with Crippen molar-refractivity contribution in [3.05, 3.63) is 201 Å². The summed E-state index contributed by atoms with van der Waals surface area (Å²) in [5.74, 6) is 1.82. The van der Waals surface area contributed by atoms with Gasteiger partial charge in [-0.2, -0.15) is 10.5 Å². The average molecular weight is 765 g/mol. The molecule has 8 heteroatoms. The Hall–Kier alpha value is -6.90. The molecule has 8 nitrogen and oxygen atoms in total. The van der Waals surface area contributed by atoms with Crippen molar-refractivity contribution < 1.29 is 4.92 Å². The van der Waals surface area contributed by atoms with Crippen molar-refractivity contribution in [2.24, 2.45) is 11.8 Å². The van der Waals surface area contributed by atoms with Gasteiger partial charge in [-0.05, 0) is 84.0 Å². The Kier molecular flexibility index (Phi) is 12.8. The molecule has 2 aliphatic heterocycles. The van der Waals surface area contributed by atoms with Gasteiger partial charge in [-0.25, -0.2) is 0 Å². The molecule has 0 atom stereocenters. The summed E-state index contributed by atoms with van der Waals surface area (Å²) < 4.78 is 0. The molecule has 0 spiro atoms. The number of rotatable bonds is 9. The van der Waals surface area contributed by atoms with Gasteiger partial charge in [-0.1, -0.05) is 121 Å². The van der Waals surface area contributed by atoms with Crippen molar-refractivity contribution in [1.29, 1.82) is 10.5 Å². The maximum absolute atomic E-state index is 11.0. The average Bonchev–Trinajstić information content (AvgIpc) is 3.28. The van der Waals surface area contributed by atoms with Crippen LogP contribution >= 0.6 is 0 Å². The Bertz CT molecular complexity index is 2260. The third-order valence-electron chi connectivity index (χ3n) is 11.8. The van der Waals surface area contributed by atoms with Crippen LogP contribution in [0.1, 0.15) is 70.9 Å². The van der Waals surface area contributed by atoms with Gasteiger partial charge >= 0.3 is 0 Å². The zero-order valence-corrected chi connectivity index (χ0v) is 32.6. The number of hydrogen-bond donors (Lipinski definition) is 1. The largest absolute Gasteiger partial charge is 0.399 e. The maximum atomic E-state index is 11.0. The van der Waals surface area contributed by atoms with Gasteiger partial charge in [0.2, 0.25) is 0 Å². The van der Waals surface area contributed by atoms with E-state index in [1.165, 1.54) is 34.4 Å². The Morgan fingerprint density at radius 2 is 0.879 bits per heavy atom. The fourth-order valence-electron chi connectivity index (χ4n) is 8.98. The number of nitriles is 2. The molecule has 2 heterocycles. The Labute approximate surface area is 341 Å². The molecule has 0 radical (unpaired) electrons. The second kappa shape index (κ2) is 18.8. The summed E-state index contributed by atoms with van der Waals surface area (Å²) in [7, 11) is 0. The highest BCUT2D eigenvalue weighted by molar-refractivity contribution is 5.65. The van der Waals surface area contributed by atoms with E-state index in [1.54, 1.807) is 12.1 Å². The van der Waals surface area contributed by atoms with Crippen LogP contribution in [0.2, 0.25) is 0 Å². The molecular weight excluding hydrogens is 717 g/mol. The van der Waals surface area contributed by atoms with Crippen molar-refractivity contribution in [3.63, 3.8) is 0 Å². The topological polar surface area (TPSA) is 123 Å². The van der Waals surface area contributed by atoms with Gasteiger partial charge in [0.1, 0.15) is 12.1 Å². The predicted octanol–water partition coefficient (Wildman–Crippen LogP) is 10.7. The van der Waals surface area contributed by atoms with Crippen molar-refractivity contribution >= 4 is 22.7 Å². The van der Waals surface area contributed by atoms with Crippen LogP contribution in [0.5, 0.6) is 0 Å². The predicted molar refractivity (Wildman–Crippen MR) is 233 cm³/mol. The van der Waals surface area contributed by atoms with Crippen molar-refractivity contribution in [2.45, 2.75) is 37.5 Å². The summed E-state index contributed by atoms with van der Waals surface area (Å²) >= 11 is 0. The molecule has 2 fully saturated rings. The number of nitrogens with two attached hydrogens (primary N) is 1. The van der Waals surface area contributed by atoms with E-state index in [9.17, 15) is 20.6 Å². The van der Waals surface area contributed by atoms with Crippen molar-refractivity contribution in [1.82, 2.24) is 0 Å². The van der Waals surface area contributed by atoms with Crippen molar-refractivity contribution in [2.75, 3.05) is 41.7 Å². The molecule has 0 amide bonds. The third-order valence-corrected chi connectivity index (χ3v) is 11.8. The van der Waals surface area contributed by atoms with Crippen LogP contribution in [0.3, 0.4) is 0 Å². The molecule has 2 aliphatic rings. The fraction of sp³-hybridized carbons (Fsp3) is 0.240. The minimum Gasteiger partial charge on any atom is -0.399 e. The van der Waals surface area contributed by atoms with E-state index in [-0.39, 0.29) is 5.69 Å². The lowest BCUT2D eigenvalue weighted by Gasteiger charge is -2.38. The lowest BCUT2D eigenvalue weighted by Crippen LogP contribution is -2.36. The lowest BCUT2D eigenvalue weighted by atomic mass is 9.76. The van der Waals surface area contributed by atoms with Crippen LogP contribution in [-0.2, 0) is 0 Å². The highest BCUT2D eigenvalue weighted by Gasteiger charge is 2.31. The minimum atomic E-state index is -0.457. The van der Waals surface area contributed by atoms with Crippen LogP contribution in [-0.4, -0.2) is 31.1 Å². The summed E-state index contributed by atoms with van der Waals surface area (Å²) in [6.07, 6.45) is 4.19. The Morgan fingerprint density at radius 3 is 1.22 bits per heavy atom. The third kappa shape index (κ3) is 9.20. The van der Waals surface area contributed by atoms with E-state index in [2.05, 4.69) is 131 Å². The number of benzene rings is 6. The first-order valence-corrected chi connectivity index (χ1v) is 20.1. The highest BCUT2D eigenvalue weighted by Crippen LogP contribution is 2.41. The van der Waals surface area contributed by atoms with Gasteiger partial charge in [0.25, 0.3) is 5.69 Å². The molecule has 0 bridgehead atoms. The number of piperidine rings is 2. The van der Waals surface area contributed by atoms with E-state index in [4.69, 9.17) is 5.73 Å². The summed E-state index contributed by atoms with van der Waals surface area (Å²) in [6.45, 7) is 3.57. The highest BCUT2D eigenvalue weighted by atomic mass is 16.6. The first kappa shape index (κ1) is 39.3. The monoisotopic (exact) mass is 764 g/mol. The molecule has 6 aromatic carbocycles. The molecule has 0 aliphatic carbocycles. The lowest BCUT2D eigenvalue weighted by molar-refractivity contribution is -0.384. The molecule has 6 aromatic rings. The van der Waals surface area contributed by atoms with Crippen molar-refractivity contribution in [3.8, 4) is 12.1 Å². The summed E-state index contributed by atoms with van der Waals surface area (Å²) in [4.78, 5) is 15.1. The quantitative estimate of drug-likeness (QED) is 0.0883. The zero-order chi connectivity index (χ0) is 40.3. The molecular formula is C50H48N6O2. The number of anilines is 3. The molecule has 58 heavy (non-hydrogen) atoms. The Balaban J connectivity index is 0.000000177. The molecule has 0 unspecified atom stereocenters. The molecule has 2 N–H and O–H groups in total. The van der Waals surface area contributed by atoms with E-state index in [1.807, 2.05) is 24.3 Å². The zero-order valence-electron chi connectivity index (χ0n) is 32.6. The first-order valence-electron chi connectivity index (χ1n) is 20.1. The fourth-order valence-corrected chi connectivity index (χ4v) is 8.98. The second-order valence-corrected chi connectivity index (χ2v) is 15.2. The molecule has 2 saturated heterocycles. The number of nitrogen functional groups attached to an aromatic ring is 1. The minimum absolute atomic E-state index is 0.0431. The summed E-state index contributed by atoms with van der Waals surface area (Å²) in [5, 5.41) is 30.0. The van der Waals surface area contributed by atoms with Crippen LogP contribution in [0.4, 0.5) is 22.7 Å². The smallest absolute Gasteiger partial charge is 0.270 e. The standard InChI is InChI=1S/C25H23N3O2.C25H25N3/c26-18-22-17-23(28(29)30)11-12-24(22)27-15-13-21(14-16-27)25(19-7-3-1-4-8-19)20-9-5-2-6-10-20;26-18-22-17-23(27)11-12-24(22)28-15-13-21(14-16-28)25(19-7-3-1-4-8-19)20-9-5-2-6-10-20/h1-12,17,21,25H,13-16H2;1-12,17,21,25H,13-16,27H2.